The Kier molecular flexibility index (Phi) is 7.34. The molecular weight excluding hydrogens is 518 g/mol. The molecule has 0 amide bonds. The molecule has 4 aromatic rings. The van der Waals surface area contributed by atoms with Crippen molar-refractivity contribution in [1.29, 1.82) is 0 Å². The van der Waals surface area contributed by atoms with E-state index in [1.165, 1.54) is 16.6 Å². The quantitative estimate of drug-likeness (QED) is 0.287. The maximum atomic E-state index is 12.2. The van der Waals surface area contributed by atoms with Crippen LogP contribution in [-0.4, -0.2) is 76.3 Å². The number of anilines is 3. The highest BCUT2D eigenvalue weighted by Crippen LogP contribution is 2.37. The van der Waals surface area contributed by atoms with Gasteiger partial charge < -0.3 is 20.3 Å². The topological polar surface area (TPSA) is 144 Å². The SMILES string of the molecule is C[C@@H]1[C@@H](N(C)S(C)(=O)=O)CN1c1ccc(CCCO)c2cc(Nc3ccnc(-c4c[nH]ccc4=O)n3)ncc12. The Hall–Kier alpha value is -3.87. The van der Waals surface area contributed by atoms with Crippen LogP contribution in [0, 0.1) is 0 Å². The number of hydrogen-bond acceptors (Lipinski definition) is 9. The summed E-state index contributed by atoms with van der Waals surface area (Å²) in [5, 5.41) is 14.6. The van der Waals surface area contributed by atoms with Crippen molar-refractivity contribution in [3.8, 4) is 11.4 Å². The molecule has 1 saturated heterocycles. The normalized spacial score (nSPS) is 17.4. The second-order valence-electron chi connectivity index (χ2n) is 9.74. The first-order valence-corrected chi connectivity index (χ1v) is 14.5. The van der Waals surface area contributed by atoms with E-state index >= 15 is 0 Å². The summed E-state index contributed by atoms with van der Waals surface area (Å²) >= 11 is 0. The van der Waals surface area contributed by atoms with Gasteiger partial charge in [0, 0.05) is 68.2 Å². The van der Waals surface area contributed by atoms with Crippen molar-refractivity contribution in [3.63, 3.8) is 0 Å². The summed E-state index contributed by atoms with van der Waals surface area (Å²) in [6.45, 7) is 2.69. The first-order chi connectivity index (χ1) is 18.7. The Morgan fingerprint density at radius 2 is 2.00 bits per heavy atom. The average Bonchev–Trinajstić information content (AvgIpc) is 2.91. The Bertz CT molecular complexity index is 1670. The molecule has 0 saturated carbocycles. The van der Waals surface area contributed by atoms with Crippen LogP contribution in [0.15, 0.2) is 59.9 Å². The van der Waals surface area contributed by atoms with E-state index in [2.05, 4.69) is 36.2 Å². The van der Waals surface area contributed by atoms with Crippen LogP contribution < -0.4 is 15.6 Å². The number of aryl methyl sites for hydroxylation is 1. The molecule has 0 unspecified atom stereocenters. The van der Waals surface area contributed by atoms with E-state index in [0.717, 1.165) is 22.0 Å². The van der Waals surface area contributed by atoms with Crippen molar-refractivity contribution < 1.29 is 13.5 Å². The molecule has 1 aliphatic rings. The Balaban J connectivity index is 1.47. The van der Waals surface area contributed by atoms with Crippen LogP contribution in [0.25, 0.3) is 22.2 Å². The third-order valence-corrected chi connectivity index (χ3v) is 8.60. The average molecular weight is 550 g/mol. The molecule has 39 heavy (non-hydrogen) atoms. The first kappa shape index (κ1) is 26.7. The third kappa shape index (κ3) is 5.35. The number of fused-ring (bicyclic) bond motifs is 1. The van der Waals surface area contributed by atoms with E-state index in [-0.39, 0.29) is 24.1 Å². The number of pyridine rings is 2. The predicted molar refractivity (Wildman–Crippen MR) is 152 cm³/mol. The number of nitrogens with zero attached hydrogens (tertiary/aromatic N) is 5. The first-order valence-electron chi connectivity index (χ1n) is 12.7. The molecule has 4 heterocycles. The zero-order valence-electron chi connectivity index (χ0n) is 22.0. The molecule has 0 radical (unpaired) electrons. The van der Waals surface area contributed by atoms with Crippen LogP contribution in [0.3, 0.4) is 0 Å². The minimum absolute atomic E-state index is 0.00500. The number of benzene rings is 1. The summed E-state index contributed by atoms with van der Waals surface area (Å²) in [5.74, 6) is 1.36. The van der Waals surface area contributed by atoms with Crippen molar-refractivity contribution in [2.24, 2.45) is 0 Å². The highest BCUT2D eigenvalue weighted by atomic mass is 32.2. The number of aromatic amines is 1. The van der Waals surface area contributed by atoms with Gasteiger partial charge >= 0.3 is 0 Å². The molecule has 3 aromatic heterocycles. The molecule has 5 rings (SSSR count). The van der Waals surface area contributed by atoms with Crippen LogP contribution in [0.5, 0.6) is 0 Å². The van der Waals surface area contributed by atoms with Crippen LogP contribution >= 0.6 is 0 Å². The fourth-order valence-corrected chi connectivity index (χ4v) is 5.68. The molecule has 1 aromatic carbocycles. The lowest BCUT2D eigenvalue weighted by atomic mass is 9.94. The van der Waals surface area contributed by atoms with Crippen molar-refractivity contribution in [1.82, 2.24) is 24.2 Å². The second-order valence-corrected chi connectivity index (χ2v) is 11.8. The van der Waals surface area contributed by atoms with Gasteiger partial charge in [-0.2, -0.15) is 4.31 Å². The number of likely N-dealkylation sites (N-methyl/N-ethyl adjacent to an activating group) is 1. The molecule has 0 spiro atoms. The molecule has 2 atom stereocenters. The van der Waals surface area contributed by atoms with Crippen molar-refractivity contribution in [2.75, 3.05) is 36.7 Å². The van der Waals surface area contributed by atoms with Crippen molar-refractivity contribution >= 4 is 38.1 Å². The second kappa shape index (κ2) is 10.7. The van der Waals surface area contributed by atoms with Gasteiger partial charge in [0.2, 0.25) is 10.0 Å². The highest BCUT2D eigenvalue weighted by Gasteiger charge is 2.41. The fourth-order valence-electron chi connectivity index (χ4n) is 4.94. The zero-order valence-corrected chi connectivity index (χ0v) is 22.8. The van der Waals surface area contributed by atoms with Gasteiger partial charge in [0.1, 0.15) is 11.6 Å². The van der Waals surface area contributed by atoms with E-state index in [1.807, 2.05) is 19.1 Å². The van der Waals surface area contributed by atoms with Crippen molar-refractivity contribution in [2.45, 2.75) is 31.8 Å². The summed E-state index contributed by atoms with van der Waals surface area (Å²) in [6.07, 6.45) is 9.06. The van der Waals surface area contributed by atoms with E-state index in [4.69, 9.17) is 0 Å². The third-order valence-electron chi connectivity index (χ3n) is 7.28. The minimum Gasteiger partial charge on any atom is -0.396 e. The lowest BCUT2D eigenvalue weighted by Gasteiger charge is -2.51. The minimum atomic E-state index is -3.29. The molecule has 0 aliphatic carbocycles. The summed E-state index contributed by atoms with van der Waals surface area (Å²) < 4.78 is 25.6. The van der Waals surface area contributed by atoms with Gasteiger partial charge in [-0.15, -0.1) is 0 Å². The van der Waals surface area contributed by atoms with E-state index < -0.39 is 10.0 Å². The number of nitrogens with one attached hydrogen (secondary N) is 2. The van der Waals surface area contributed by atoms with Gasteiger partial charge in [0.05, 0.1) is 17.9 Å². The van der Waals surface area contributed by atoms with E-state index in [1.54, 1.807) is 37.9 Å². The largest absolute Gasteiger partial charge is 0.396 e. The number of H-pyrrole nitrogens is 1. The van der Waals surface area contributed by atoms with Crippen LogP contribution in [0.4, 0.5) is 17.3 Å². The number of aromatic nitrogens is 4. The summed E-state index contributed by atoms with van der Waals surface area (Å²) in [7, 11) is -1.67. The van der Waals surface area contributed by atoms with Crippen LogP contribution in [-0.2, 0) is 16.4 Å². The molecule has 204 valence electrons. The monoisotopic (exact) mass is 549 g/mol. The summed E-state index contributed by atoms with van der Waals surface area (Å²) in [4.78, 5) is 30.7. The molecule has 1 fully saturated rings. The van der Waals surface area contributed by atoms with Gasteiger partial charge in [0.15, 0.2) is 11.3 Å². The molecular formula is C27H31N7O4S. The van der Waals surface area contributed by atoms with Crippen LogP contribution in [0.1, 0.15) is 18.9 Å². The predicted octanol–water partition coefficient (Wildman–Crippen LogP) is 2.52. The Morgan fingerprint density at radius 3 is 2.72 bits per heavy atom. The van der Waals surface area contributed by atoms with Gasteiger partial charge in [-0.25, -0.2) is 23.4 Å². The van der Waals surface area contributed by atoms with Crippen molar-refractivity contribution in [3.05, 3.63) is 70.9 Å². The standard InChI is InChI=1S/C27H31N7O4S/c1-17-23(33(2)39(3,37)38)16-34(17)22-7-6-18(5-4-12-35)19-13-26(30-15-20(19)22)31-25-9-11-29-27(32-25)21-14-28-10-8-24(21)36/h6-11,13-15,17,23,35H,4-5,12,16H2,1-3H3,(H,28,36)(H,29,30,31,32)/t17-,23+/m1/s1. The fraction of sp³-hybridized carbons (Fsp3) is 0.333. The maximum absolute atomic E-state index is 12.2. The maximum Gasteiger partial charge on any atom is 0.211 e. The Labute approximate surface area is 226 Å². The van der Waals surface area contributed by atoms with Gasteiger partial charge in [-0.3, -0.25) is 4.79 Å². The number of sulfonamides is 1. The highest BCUT2D eigenvalue weighted by molar-refractivity contribution is 7.88. The lowest BCUT2D eigenvalue weighted by Crippen LogP contribution is -2.65. The van der Waals surface area contributed by atoms with Crippen LogP contribution in [0.2, 0.25) is 0 Å². The molecule has 12 heteroatoms. The van der Waals surface area contributed by atoms with Gasteiger partial charge in [0.25, 0.3) is 0 Å². The zero-order chi connectivity index (χ0) is 27.7. The number of rotatable bonds is 9. The molecule has 3 N–H and O–H groups in total. The lowest BCUT2D eigenvalue weighted by molar-refractivity contribution is 0.251. The van der Waals surface area contributed by atoms with Gasteiger partial charge in [-0.1, -0.05) is 6.07 Å². The Morgan fingerprint density at radius 1 is 1.18 bits per heavy atom. The van der Waals surface area contributed by atoms with Gasteiger partial charge in [-0.05, 0) is 48.9 Å². The molecule has 1 aliphatic heterocycles. The number of aliphatic hydroxyl groups excluding tert-OH is 1. The van der Waals surface area contributed by atoms with E-state index in [9.17, 15) is 18.3 Å². The molecule has 0 bridgehead atoms. The van der Waals surface area contributed by atoms with E-state index in [0.29, 0.717) is 42.4 Å². The molecule has 11 nitrogen and oxygen atoms in total. The number of hydrogen-bond donors (Lipinski definition) is 3. The summed E-state index contributed by atoms with van der Waals surface area (Å²) in [5.41, 5.74) is 2.24. The summed E-state index contributed by atoms with van der Waals surface area (Å²) in [6, 6.07) is 9.07. The smallest absolute Gasteiger partial charge is 0.211 e. The number of aliphatic hydroxyl groups is 1.